The second-order valence-electron chi connectivity index (χ2n) is 15.3. The molecule has 4 aromatic heterocycles. The number of nitrogens with two attached hydrogens (primary N) is 1. The van der Waals surface area contributed by atoms with Crippen LogP contribution in [0, 0.1) is 0 Å². The van der Waals surface area contributed by atoms with Gasteiger partial charge in [0.05, 0.1) is 63.5 Å². The van der Waals surface area contributed by atoms with Crippen LogP contribution in [0.1, 0.15) is 71.4 Å². The van der Waals surface area contributed by atoms with Crippen molar-refractivity contribution < 1.29 is 67.0 Å². The van der Waals surface area contributed by atoms with Crippen molar-refractivity contribution in [3.05, 3.63) is 151 Å². The Bertz CT molecular complexity index is 3300. The Kier molecular flexibility index (Phi) is 18.9. The molecule has 0 saturated carbocycles. The molecule has 29 heteroatoms. The van der Waals surface area contributed by atoms with E-state index in [2.05, 4.69) is 25.3 Å². The van der Waals surface area contributed by atoms with Crippen molar-refractivity contribution in [3.8, 4) is 0 Å². The fraction of sp³-hybridized carbons (Fsp3) is 0.205. The lowest BCUT2D eigenvalue weighted by Crippen LogP contribution is -2.34. The van der Waals surface area contributed by atoms with Gasteiger partial charge in [0.2, 0.25) is 11.6 Å². The number of benzene rings is 2. The average Bonchev–Trinajstić information content (AvgIpc) is 3.27. The van der Waals surface area contributed by atoms with E-state index in [0.29, 0.717) is 16.4 Å². The van der Waals surface area contributed by atoms with Gasteiger partial charge in [-0.15, -0.1) is 0 Å². The molecule has 6 aromatic rings. The zero-order valence-electron chi connectivity index (χ0n) is 37.0. The first kappa shape index (κ1) is 59.2. The Hall–Kier alpha value is -6.35. The molecule has 0 aliphatic carbocycles. The van der Waals surface area contributed by atoms with E-state index in [1.807, 2.05) is 4.72 Å². The highest BCUT2D eigenvalue weighted by Crippen LogP contribution is 2.39. The number of aromatic nitrogens is 4. The van der Waals surface area contributed by atoms with Crippen LogP contribution in [0.4, 0.5) is 54.1 Å². The molecule has 0 unspecified atom stereocenters. The number of nitrogens with zero attached hydrogens (tertiary/aromatic N) is 5. The molecule has 0 aliphatic rings. The van der Waals surface area contributed by atoms with Crippen molar-refractivity contribution >= 4 is 107 Å². The summed E-state index contributed by atoms with van der Waals surface area (Å²) in [5, 5.41) is 0.857. The van der Waals surface area contributed by atoms with E-state index >= 15 is 0 Å². The molecule has 0 spiro atoms. The standard InChI is InChI=1S/C25H23Cl2F3N4O6S.C18H11Cl2F3N4O3S.CH4/c1-24(2,3)40-23(36)33-22-16(6-5-9-31-22)21(35)20-19(10-14(26)12-32-20)34(13-39-4)41(37,38)15-7-8-18(27)17(11-15)25(28,29)30;19-9-6-14(15(26-8-9)16(28)11-2-1-5-25-17(11)24)27-31(29,30)10-3-4-13(20)12(7-10)18(21,22)23;/h5-12H,13H2,1-4H3,(H,31,33,36);1-8,27H,(H2,24,25);1H4. The number of rotatable bonds is 13. The summed E-state index contributed by atoms with van der Waals surface area (Å²) in [6.07, 6.45) is -5.93. The van der Waals surface area contributed by atoms with Gasteiger partial charge in [0.1, 0.15) is 35.4 Å². The van der Waals surface area contributed by atoms with Crippen LogP contribution >= 0.6 is 46.4 Å². The summed E-state index contributed by atoms with van der Waals surface area (Å²) in [7, 11) is -8.28. The van der Waals surface area contributed by atoms with Gasteiger partial charge in [-0.3, -0.25) is 19.6 Å². The number of anilines is 4. The molecule has 0 fully saturated rings. The first-order valence-electron chi connectivity index (χ1n) is 19.7. The van der Waals surface area contributed by atoms with E-state index < -0.39 is 105 Å². The van der Waals surface area contributed by atoms with Gasteiger partial charge in [-0.25, -0.2) is 45.9 Å². The molecule has 0 atom stereocenters. The number of hydrogen-bond donors (Lipinski definition) is 3. The molecule has 4 N–H and O–H groups in total. The number of ether oxygens (including phenoxy) is 2. The minimum Gasteiger partial charge on any atom is -0.444 e. The van der Waals surface area contributed by atoms with Crippen molar-refractivity contribution in [1.82, 2.24) is 19.9 Å². The molecular formula is C44H38Cl4F6N8O9S2. The van der Waals surface area contributed by atoms with Gasteiger partial charge in [-0.2, -0.15) is 26.3 Å². The number of halogens is 10. The topological polar surface area (TPSA) is 243 Å². The fourth-order valence-corrected chi connectivity index (χ4v) is 9.18. The van der Waals surface area contributed by atoms with Gasteiger partial charge in [-0.05, 0) is 93.6 Å². The Morgan fingerprint density at radius 3 is 1.75 bits per heavy atom. The van der Waals surface area contributed by atoms with E-state index in [9.17, 15) is 57.6 Å². The lowest BCUT2D eigenvalue weighted by Gasteiger charge is -2.26. The summed E-state index contributed by atoms with van der Waals surface area (Å²) >= 11 is 23.2. The summed E-state index contributed by atoms with van der Waals surface area (Å²) in [6.45, 7) is 4.14. The smallest absolute Gasteiger partial charge is 0.417 e. The predicted octanol–water partition coefficient (Wildman–Crippen LogP) is 11.2. The number of nitrogens with one attached hydrogen (secondary N) is 2. The highest BCUT2D eigenvalue weighted by Gasteiger charge is 2.38. The van der Waals surface area contributed by atoms with Crippen molar-refractivity contribution in [2.24, 2.45) is 0 Å². The van der Waals surface area contributed by atoms with Gasteiger partial charge < -0.3 is 15.2 Å². The third kappa shape index (κ3) is 14.7. The number of amides is 1. The third-order valence-corrected chi connectivity index (χ3v) is 13.2. The number of carbonyl (C=O) groups excluding carboxylic acids is 3. The molecule has 0 radical (unpaired) electrons. The van der Waals surface area contributed by atoms with E-state index in [1.165, 1.54) is 36.7 Å². The largest absolute Gasteiger partial charge is 0.444 e. The van der Waals surface area contributed by atoms with Crippen LogP contribution in [0.25, 0.3) is 0 Å². The molecule has 73 heavy (non-hydrogen) atoms. The molecule has 1 amide bonds. The van der Waals surface area contributed by atoms with Gasteiger partial charge in [0, 0.05) is 31.9 Å². The Morgan fingerprint density at radius 2 is 1.21 bits per heavy atom. The normalized spacial score (nSPS) is 11.9. The maximum atomic E-state index is 13.7. The highest BCUT2D eigenvalue weighted by molar-refractivity contribution is 7.93. The number of carbonyl (C=O) groups is 3. The molecule has 4 heterocycles. The maximum Gasteiger partial charge on any atom is 0.417 e. The van der Waals surface area contributed by atoms with Crippen molar-refractivity contribution in [1.29, 1.82) is 0 Å². The molecule has 0 bridgehead atoms. The zero-order chi connectivity index (χ0) is 53.7. The number of alkyl halides is 6. The van der Waals surface area contributed by atoms with Crippen LogP contribution < -0.4 is 20.1 Å². The van der Waals surface area contributed by atoms with Crippen molar-refractivity contribution in [2.45, 2.75) is 55.9 Å². The maximum absolute atomic E-state index is 13.7. The SMILES string of the molecule is C.COCN(c1cc(Cl)cnc1C(=O)c1cccnc1NC(=O)OC(C)(C)C)S(=O)(=O)c1ccc(Cl)c(C(F)(F)F)c1.Nc1ncccc1C(=O)c1ncc(Cl)cc1NS(=O)(=O)c1ccc(Cl)c(C(F)(F)F)c1. The van der Waals surface area contributed by atoms with Crippen LogP contribution in [0.2, 0.25) is 20.1 Å². The summed E-state index contributed by atoms with van der Waals surface area (Å²) in [5.74, 6) is -2.01. The molecule has 2 aromatic carbocycles. The molecule has 390 valence electrons. The first-order chi connectivity index (χ1) is 33.3. The van der Waals surface area contributed by atoms with Gasteiger partial charge in [-0.1, -0.05) is 53.8 Å². The average molecular weight is 1140 g/mol. The Morgan fingerprint density at radius 1 is 0.699 bits per heavy atom. The van der Waals surface area contributed by atoms with Crippen LogP contribution in [-0.4, -0.2) is 73.9 Å². The van der Waals surface area contributed by atoms with Gasteiger partial charge in [0.15, 0.2) is 0 Å². The van der Waals surface area contributed by atoms with E-state index in [4.69, 9.17) is 61.6 Å². The third-order valence-electron chi connectivity index (χ3n) is 9.02. The molecular weight excluding hydrogens is 1100 g/mol. The summed E-state index contributed by atoms with van der Waals surface area (Å²) in [5.41, 5.74) is 0.217. The van der Waals surface area contributed by atoms with Crippen molar-refractivity contribution in [3.63, 3.8) is 0 Å². The second-order valence-corrected chi connectivity index (χ2v) is 20.6. The summed E-state index contributed by atoms with van der Waals surface area (Å²) in [4.78, 5) is 53.0. The number of sulfonamides is 2. The first-order valence-corrected chi connectivity index (χ1v) is 24.1. The van der Waals surface area contributed by atoms with E-state index in [-0.39, 0.29) is 51.6 Å². The minimum absolute atomic E-state index is 0. The Labute approximate surface area is 433 Å². The zero-order valence-corrected chi connectivity index (χ0v) is 41.7. The van der Waals surface area contributed by atoms with Crippen LogP contribution in [0.5, 0.6) is 0 Å². The van der Waals surface area contributed by atoms with Gasteiger partial charge >= 0.3 is 18.4 Å². The van der Waals surface area contributed by atoms with Crippen LogP contribution in [0.3, 0.4) is 0 Å². The number of pyridine rings is 4. The monoisotopic (exact) mass is 1140 g/mol. The lowest BCUT2D eigenvalue weighted by molar-refractivity contribution is -0.138. The second kappa shape index (κ2) is 23.2. The van der Waals surface area contributed by atoms with Crippen LogP contribution in [-0.2, 0) is 41.9 Å². The number of nitrogen functional groups attached to an aromatic ring is 1. The van der Waals surface area contributed by atoms with Gasteiger partial charge in [0.25, 0.3) is 20.0 Å². The number of hydrogen-bond acceptors (Lipinski definition) is 14. The fourth-order valence-electron chi connectivity index (χ4n) is 5.93. The number of ketones is 2. The minimum atomic E-state index is -4.95. The van der Waals surface area contributed by atoms with E-state index in [1.54, 1.807) is 20.8 Å². The predicted molar refractivity (Wildman–Crippen MR) is 260 cm³/mol. The van der Waals surface area contributed by atoms with Crippen molar-refractivity contribution in [2.75, 3.05) is 33.9 Å². The summed E-state index contributed by atoms with van der Waals surface area (Å²) in [6, 6.07) is 11.7. The molecule has 6 rings (SSSR count). The molecule has 17 nitrogen and oxygen atoms in total. The van der Waals surface area contributed by atoms with E-state index in [0.717, 1.165) is 55.9 Å². The Balaban J connectivity index is 0.000000324. The van der Waals surface area contributed by atoms with Crippen LogP contribution in [0.15, 0.2) is 107 Å². The highest BCUT2D eigenvalue weighted by atomic mass is 35.5. The number of methoxy groups -OCH3 is 1. The lowest BCUT2D eigenvalue weighted by atomic mass is 10.1. The quantitative estimate of drug-likeness (QED) is 0.0553. The molecule has 0 aliphatic heterocycles. The summed E-state index contributed by atoms with van der Waals surface area (Å²) < 4.78 is 145. The molecule has 0 saturated heterocycles.